The molecule has 6 fully saturated rings. The van der Waals surface area contributed by atoms with Gasteiger partial charge in [-0.05, 0) is 64.0 Å². The molecular formula is C22H35NO6. The molecule has 1 spiro atoms. The Morgan fingerprint density at radius 2 is 1.90 bits per heavy atom. The fourth-order valence-corrected chi connectivity index (χ4v) is 6.45. The number of fused-ring (bicyclic) bond motifs is 2. The molecule has 0 aromatic heterocycles. The van der Waals surface area contributed by atoms with Crippen LogP contribution in [0.5, 0.6) is 0 Å². The van der Waals surface area contributed by atoms with Crippen molar-refractivity contribution in [2.75, 3.05) is 19.6 Å². The summed E-state index contributed by atoms with van der Waals surface area (Å²) in [7, 11) is 0. The highest BCUT2D eigenvalue weighted by Crippen LogP contribution is 2.60. The average molecular weight is 410 g/mol. The van der Waals surface area contributed by atoms with Crippen molar-refractivity contribution in [3.05, 3.63) is 0 Å². The van der Waals surface area contributed by atoms with Crippen LogP contribution in [0, 0.1) is 23.7 Å². The van der Waals surface area contributed by atoms with Gasteiger partial charge in [0.1, 0.15) is 0 Å². The second-order valence-electron chi connectivity index (χ2n) is 10.1. The third-order valence-corrected chi connectivity index (χ3v) is 8.18. The Morgan fingerprint density at radius 1 is 1.10 bits per heavy atom. The molecular weight excluding hydrogens is 374 g/mol. The number of likely N-dealkylation sites (tertiary alicyclic amines) is 1. The lowest BCUT2D eigenvalue weighted by Crippen LogP contribution is -2.70. The quantitative estimate of drug-likeness (QED) is 0.522. The minimum atomic E-state index is -0.803. The van der Waals surface area contributed by atoms with Gasteiger partial charge < -0.3 is 19.1 Å². The number of nitrogens with zero attached hydrogens (tertiary/aromatic N) is 1. The molecule has 5 heterocycles. The van der Waals surface area contributed by atoms with Crippen molar-refractivity contribution >= 4 is 5.97 Å². The summed E-state index contributed by atoms with van der Waals surface area (Å²) < 4.78 is 18.5. The van der Waals surface area contributed by atoms with Crippen LogP contribution in [0.15, 0.2) is 0 Å². The summed E-state index contributed by atoms with van der Waals surface area (Å²) in [5, 5.41) is 0. The molecule has 0 aromatic rings. The van der Waals surface area contributed by atoms with Gasteiger partial charge in [-0.15, -0.1) is 0 Å². The first kappa shape index (κ1) is 20.2. The van der Waals surface area contributed by atoms with E-state index < -0.39 is 24.0 Å². The van der Waals surface area contributed by atoms with Crippen LogP contribution in [0.2, 0.25) is 0 Å². The molecule has 5 saturated heterocycles. The van der Waals surface area contributed by atoms with Crippen LogP contribution in [0.1, 0.15) is 65.7 Å². The van der Waals surface area contributed by atoms with Gasteiger partial charge in [-0.1, -0.05) is 13.8 Å². The van der Waals surface area contributed by atoms with Crippen molar-refractivity contribution in [2.24, 2.45) is 23.7 Å². The number of hydrogen-bond donors (Lipinski definition) is 0. The summed E-state index contributed by atoms with van der Waals surface area (Å²) in [5.74, 6) is 0.0740. The van der Waals surface area contributed by atoms with E-state index in [-0.39, 0.29) is 17.8 Å². The van der Waals surface area contributed by atoms with E-state index in [2.05, 4.69) is 18.7 Å². The fraction of sp³-hybridized carbons (Fsp3) is 0.955. The topological polar surface area (TPSA) is 66.5 Å². The van der Waals surface area contributed by atoms with E-state index >= 15 is 0 Å². The average Bonchev–Trinajstić information content (AvgIpc) is 3.11. The first-order valence-corrected chi connectivity index (χ1v) is 11.5. The van der Waals surface area contributed by atoms with Gasteiger partial charge in [0.2, 0.25) is 12.1 Å². The van der Waals surface area contributed by atoms with Crippen LogP contribution in [0.4, 0.5) is 0 Å². The number of rotatable bonds is 4. The van der Waals surface area contributed by atoms with E-state index in [9.17, 15) is 4.79 Å². The normalized spacial score (nSPS) is 49.5. The van der Waals surface area contributed by atoms with Gasteiger partial charge in [-0.2, -0.15) is 0 Å². The first-order valence-electron chi connectivity index (χ1n) is 11.5. The largest absolute Gasteiger partial charge is 0.435 e. The van der Waals surface area contributed by atoms with Gasteiger partial charge in [-0.25, -0.2) is 9.78 Å². The number of esters is 1. The highest BCUT2D eigenvalue weighted by molar-refractivity contribution is 5.69. The molecule has 5 aliphatic heterocycles. The van der Waals surface area contributed by atoms with Crippen LogP contribution in [0.3, 0.4) is 0 Å². The number of carbonyl (C=O) groups is 1. The zero-order valence-electron chi connectivity index (χ0n) is 17.9. The van der Waals surface area contributed by atoms with E-state index in [0.29, 0.717) is 18.3 Å². The predicted octanol–water partition coefficient (Wildman–Crippen LogP) is 3.22. The van der Waals surface area contributed by atoms with Crippen molar-refractivity contribution in [3.8, 4) is 0 Å². The highest BCUT2D eigenvalue weighted by Gasteiger charge is 2.69. The van der Waals surface area contributed by atoms with Crippen LogP contribution in [0.25, 0.3) is 0 Å². The minimum absolute atomic E-state index is 0.0339. The summed E-state index contributed by atoms with van der Waals surface area (Å²) in [4.78, 5) is 26.8. The minimum Gasteiger partial charge on any atom is -0.435 e. The van der Waals surface area contributed by atoms with E-state index in [1.165, 1.54) is 12.8 Å². The first-order chi connectivity index (χ1) is 13.9. The SMILES string of the molecule is C[C@H]1[C@H](OC(=O)CCN2CCCC2)O[C@@H]2O[C@@]3(C)CC[C@H]4[C@H](C)CC[C@@H]1[C@@]24OO3. The molecule has 8 atom stereocenters. The molecule has 0 aromatic carbocycles. The Morgan fingerprint density at radius 3 is 2.69 bits per heavy atom. The molecule has 1 saturated carbocycles. The maximum atomic E-state index is 12.6. The molecule has 164 valence electrons. The van der Waals surface area contributed by atoms with Crippen molar-refractivity contribution < 1.29 is 28.8 Å². The molecule has 7 heteroatoms. The number of ether oxygens (including phenoxy) is 3. The van der Waals surface area contributed by atoms with Crippen molar-refractivity contribution in [1.29, 1.82) is 0 Å². The molecule has 6 rings (SSSR count). The van der Waals surface area contributed by atoms with Crippen molar-refractivity contribution in [3.63, 3.8) is 0 Å². The summed E-state index contributed by atoms with van der Waals surface area (Å²) in [5.41, 5.74) is -0.606. The Bertz CT molecular complexity index is 639. The molecule has 0 radical (unpaired) electrons. The smallest absolute Gasteiger partial charge is 0.309 e. The second kappa shape index (κ2) is 7.45. The summed E-state index contributed by atoms with van der Waals surface area (Å²) in [6.07, 6.45) is 5.63. The highest BCUT2D eigenvalue weighted by atomic mass is 17.3. The third-order valence-electron chi connectivity index (χ3n) is 8.18. The van der Waals surface area contributed by atoms with E-state index in [4.69, 9.17) is 24.0 Å². The number of hydrogen-bond acceptors (Lipinski definition) is 7. The zero-order chi connectivity index (χ0) is 20.2. The van der Waals surface area contributed by atoms with E-state index in [0.717, 1.165) is 45.3 Å². The van der Waals surface area contributed by atoms with Crippen LogP contribution in [-0.2, 0) is 28.8 Å². The van der Waals surface area contributed by atoms with Gasteiger partial charge in [0.15, 0.2) is 11.9 Å². The molecule has 7 nitrogen and oxygen atoms in total. The van der Waals surface area contributed by atoms with Crippen molar-refractivity contribution in [2.45, 2.75) is 89.7 Å². The molecule has 0 amide bonds. The van der Waals surface area contributed by atoms with E-state index in [1.54, 1.807) is 0 Å². The Labute approximate surface area is 173 Å². The van der Waals surface area contributed by atoms with Gasteiger partial charge >= 0.3 is 5.97 Å². The van der Waals surface area contributed by atoms with E-state index in [1.807, 2.05) is 6.92 Å². The Hall–Kier alpha value is -0.730. The second-order valence-corrected chi connectivity index (χ2v) is 10.1. The van der Waals surface area contributed by atoms with Gasteiger partial charge in [-0.3, -0.25) is 4.79 Å². The van der Waals surface area contributed by atoms with Crippen LogP contribution < -0.4 is 0 Å². The maximum absolute atomic E-state index is 12.6. The Kier molecular flexibility index (Phi) is 5.18. The van der Waals surface area contributed by atoms with Crippen molar-refractivity contribution in [1.82, 2.24) is 4.90 Å². The molecule has 0 unspecified atom stereocenters. The third kappa shape index (κ3) is 3.33. The molecule has 29 heavy (non-hydrogen) atoms. The van der Waals surface area contributed by atoms with Gasteiger partial charge in [0, 0.05) is 24.8 Å². The lowest BCUT2D eigenvalue weighted by atomic mass is 9.58. The van der Waals surface area contributed by atoms with Gasteiger partial charge in [0.05, 0.1) is 6.42 Å². The van der Waals surface area contributed by atoms with Crippen LogP contribution >= 0.6 is 0 Å². The monoisotopic (exact) mass is 409 g/mol. The molecule has 6 aliphatic rings. The van der Waals surface area contributed by atoms with Gasteiger partial charge in [0.25, 0.3) is 0 Å². The summed E-state index contributed by atoms with van der Waals surface area (Å²) in [6, 6.07) is 0. The standard InChI is InChI=1S/C22H35NO6/c1-14-6-7-17-15(2)19(25-18(24)9-13-23-11-4-5-12-23)26-20-22(17)16(14)8-10-21(3,27-20)28-29-22/h14-17,19-20H,4-13H2,1-3H3/t14-,15-,16+,17+,19-,20-,21-,22-/m1/s1. The predicted molar refractivity (Wildman–Crippen MR) is 103 cm³/mol. The maximum Gasteiger partial charge on any atom is 0.309 e. The summed E-state index contributed by atoms with van der Waals surface area (Å²) >= 11 is 0. The lowest BCUT2D eigenvalue weighted by Gasteiger charge is -2.59. The lowest BCUT2D eigenvalue weighted by molar-refractivity contribution is -0.576. The molecule has 0 N–H and O–H groups in total. The van der Waals surface area contributed by atoms with Crippen LogP contribution in [-0.4, -0.2) is 54.5 Å². The zero-order valence-corrected chi connectivity index (χ0v) is 17.9. The molecule has 1 aliphatic carbocycles. The number of carbonyl (C=O) groups excluding carboxylic acids is 1. The molecule has 2 bridgehead atoms. The Balaban J connectivity index is 1.32. The fourth-order valence-electron chi connectivity index (χ4n) is 6.45. The summed E-state index contributed by atoms with van der Waals surface area (Å²) in [6.45, 7) is 9.26.